The molecule has 4 heterocycles. The number of carbonyl (C=O) groups excluding carboxylic acids is 1. The molecule has 0 aliphatic carbocycles. The average Bonchev–Trinajstić information content (AvgIpc) is 2.99. The van der Waals surface area contributed by atoms with Crippen LogP contribution < -0.4 is 5.32 Å². The van der Waals surface area contributed by atoms with Crippen molar-refractivity contribution in [1.29, 1.82) is 0 Å². The number of fused-ring (bicyclic) bond motifs is 1. The molecule has 2 bridgehead atoms. The van der Waals surface area contributed by atoms with Crippen molar-refractivity contribution in [2.75, 3.05) is 26.2 Å². The molecule has 3 saturated heterocycles. The normalized spacial score (nSPS) is 31.9. The zero-order chi connectivity index (χ0) is 19.2. The van der Waals surface area contributed by atoms with Gasteiger partial charge < -0.3 is 15.0 Å². The van der Waals surface area contributed by atoms with Crippen molar-refractivity contribution in [1.82, 2.24) is 19.5 Å². The maximum absolute atomic E-state index is 13.1. The standard InChI is InChI=1S/C18H26N4O4S/c1-13(2)8-20-17(23)21-10-15-7-16-18(11-21,26-15)12-22(27(16,24)25)9-14-3-5-19-6-4-14/h3-6,13,15-16H,7-12H2,1-2H3,(H,20,23)/t15-,16+,18+/m0/s1. The van der Waals surface area contributed by atoms with E-state index in [9.17, 15) is 13.2 Å². The maximum atomic E-state index is 13.1. The van der Waals surface area contributed by atoms with E-state index in [2.05, 4.69) is 10.3 Å². The molecule has 3 fully saturated rings. The third-order valence-corrected chi connectivity index (χ3v) is 7.89. The molecule has 3 atom stereocenters. The van der Waals surface area contributed by atoms with Gasteiger partial charge in [-0.3, -0.25) is 4.98 Å². The van der Waals surface area contributed by atoms with Gasteiger partial charge in [0, 0.05) is 38.6 Å². The Morgan fingerprint density at radius 1 is 1.37 bits per heavy atom. The van der Waals surface area contributed by atoms with Gasteiger partial charge in [0.1, 0.15) is 10.9 Å². The molecule has 0 unspecified atom stereocenters. The highest BCUT2D eigenvalue weighted by Gasteiger charge is 2.65. The SMILES string of the molecule is CC(C)CNC(=O)N1C[C@@H]2C[C@@H]3[C@@](C1)(CN(Cc1ccncc1)S3(=O)=O)O2. The Morgan fingerprint density at radius 2 is 2.11 bits per heavy atom. The predicted octanol–water partition coefficient (Wildman–Crippen LogP) is 0.804. The Labute approximate surface area is 159 Å². The molecule has 148 valence electrons. The second-order valence-corrected chi connectivity index (χ2v) is 10.3. The van der Waals surface area contributed by atoms with Crippen LogP contribution in [0.4, 0.5) is 4.79 Å². The molecule has 3 aliphatic rings. The van der Waals surface area contributed by atoms with Gasteiger partial charge in [0.2, 0.25) is 10.0 Å². The lowest BCUT2D eigenvalue weighted by Gasteiger charge is -2.39. The van der Waals surface area contributed by atoms with Crippen LogP contribution in [0.1, 0.15) is 25.8 Å². The monoisotopic (exact) mass is 394 g/mol. The zero-order valence-corrected chi connectivity index (χ0v) is 16.5. The summed E-state index contributed by atoms with van der Waals surface area (Å²) < 4.78 is 33.9. The Hall–Kier alpha value is -1.71. The van der Waals surface area contributed by atoms with E-state index >= 15 is 0 Å². The van der Waals surface area contributed by atoms with Crippen LogP contribution in [0.3, 0.4) is 0 Å². The minimum Gasteiger partial charge on any atom is -0.365 e. The first-order chi connectivity index (χ1) is 12.8. The summed E-state index contributed by atoms with van der Waals surface area (Å²) in [6.45, 7) is 6.02. The highest BCUT2D eigenvalue weighted by molar-refractivity contribution is 7.90. The molecule has 0 saturated carbocycles. The minimum atomic E-state index is -3.47. The van der Waals surface area contributed by atoms with Crippen molar-refractivity contribution in [3.8, 4) is 0 Å². The number of amides is 2. The molecule has 1 aromatic rings. The zero-order valence-electron chi connectivity index (χ0n) is 15.7. The van der Waals surface area contributed by atoms with Crippen LogP contribution >= 0.6 is 0 Å². The van der Waals surface area contributed by atoms with Crippen LogP contribution in [0, 0.1) is 5.92 Å². The fourth-order valence-electron chi connectivity index (χ4n) is 4.34. The Morgan fingerprint density at radius 3 is 2.81 bits per heavy atom. The van der Waals surface area contributed by atoms with E-state index in [-0.39, 0.29) is 18.7 Å². The first-order valence-electron chi connectivity index (χ1n) is 9.39. The second-order valence-electron chi connectivity index (χ2n) is 8.16. The van der Waals surface area contributed by atoms with Gasteiger partial charge in [0.25, 0.3) is 0 Å². The number of morpholine rings is 1. The number of hydrogen-bond donors (Lipinski definition) is 1. The molecule has 27 heavy (non-hydrogen) atoms. The lowest BCUT2D eigenvalue weighted by Crippen LogP contribution is -2.58. The first kappa shape index (κ1) is 18.6. The number of likely N-dealkylation sites (tertiary alicyclic amines) is 1. The van der Waals surface area contributed by atoms with Crippen molar-refractivity contribution in [2.24, 2.45) is 5.92 Å². The molecule has 3 aliphatic heterocycles. The molecule has 4 rings (SSSR count). The van der Waals surface area contributed by atoms with Gasteiger partial charge in [-0.25, -0.2) is 13.2 Å². The summed E-state index contributed by atoms with van der Waals surface area (Å²) in [5.74, 6) is 0.361. The molecule has 1 spiro atoms. The predicted molar refractivity (Wildman–Crippen MR) is 99.4 cm³/mol. The highest BCUT2D eigenvalue weighted by Crippen LogP contribution is 2.46. The quantitative estimate of drug-likeness (QED) is 0.816. The molecule has 2 amide bonds. The van der Waals surface area contributed by atoms with Crippen molar-refractivity contribution in [2.45, 2.75) is 43.8 Å². The molecular weight excluding hydrogens is 368 g/mol. The molecule has 0 aromatic carbocycles. The van der Waals surface area contributed by atoms with Gasteiger partial charge in [-0.05, 0) is 30.0 Å². The number of nitrogens with one attached hydrogen (secondary N) is 1. The first-order valence-corrected chi connectivity index (χ1v) is 10.9. The van der Waals surface area contributed by atoms with E-state index in [0.29, 0.717) is 38.5 Å². The topological polar surface area (TPSA) is 91.8 Å². The average molecular weight is 394 g/mol. The number of nitrogens with zero attached hydrogens (tertiary/aromatic N) is 3. The number of hydrogen-bond acceptors (Lipinski definition) is 5. The number of urea groups is 1. The lowest BCUT2D eigenvalue weighted by atomic mass is 9.99. The van der Waals surface area contributed by atoms with E-state index in [1.807, 2.05) is 26.0 Å². The van der Waals surface area contributed by atoms with E-state index in [0.717, 1.165) is 5.56 Å². The highest BCUT2D eigenvalue weighted by atomic mass is 32.2. The fourth-order valence-corrected chi connectivity index (χ4v) is 6.63. The molecule has 9 heteroatoms. The van der Waals surface area contributed by atoms with Crippen molar-refractivity contribution < 1.29 is 17.9 Å². The van der Waals surface area contributed by atoms with E-state index in [1.54, 1.807) is 17.3 Å². The van der Waals surface area contributed by atoms with Gasteiger partial charge in [-0.15, -0.1) is 0 Å². The number of carbonyl (C=O) groups is 1. The third kappa shape index (κ3) is 3.32. The summed E-state index contributed by atoms with van der Waals surface area (Å²) in [7, 11) is -3.47. The summed E-state index contributed by atoms with van der Waals surface area (Å²) in [6, 6.07) is 3.50. The van der Waals surface area contributed by atoms with Gasteiger partial charge in [0.15, 0.2) is 0 Å². The van der Waals surface area contributed by atoms with E-state index in [4.69, 9.17) is 4.74 Å². The second kappa shape index (κ2) is 6.72. The summed E-state index contributed by atoms with van der Waals surface area (Å²) in [6.07, 6.45) is 3.55. The fraction of sp³-hybridized carbons (Fsp3) is 0.667. The van der Waals surface area contributed by atoms with Crippen LogP contribution in [-0.2, 0) is 21.3 Å². The van der Waals surface area contributed by atoms with E-state index < -0.39 is 20.9 Å². The van der Waals surface area contributed by atoms with Crippen molar-refractivity contribution in [3.05, 3.63) is 30.1 Å². The number of rotatable bonds is 4. The lowest BCUT2D eigenvalue weighted by molar-refractivity contribution is -0.0958. The Bertz CT molecular complexity index is 816. The van der Waals surface area contributed by atoms with Gasteiger partial charge in [-0.2, -0.15) is 4.31 Å². The van der Waals surface area contributed by atoms with Crippen LogP contribution in [0.2, 0.25) is 0 Å². The van der Waals surface area contributed by atoms with Crippen LogP contribution in [0.5, 0.6) is 0 Å². The summed E-state index contributed by atoms with van der Waals surface area (Å²) in [5, 5.41) is 2.35. The number of ether oxygens (including phenoxy) is 1. The Kier molecular flexibility index (Phi) is 4.64. The van der Waals surface area contributed by atoms with Crippen molar-refractivity contribution in [3.63, 3.8) is 0 Å². The van der Waals surface area contributed by atoms with Gasteiger partial charge >= 0.3 is 6.03 Å². The minimum absolute atomic E-state index is 0.137. The number of pyridine rings is 1. The van der Waals surface area contributed by atoms with Gasteiger partial charge in [0.05, 0.1) is 12.6 Å². The van der Waals surface area contributed by atoms with Gasteiger partial charge in [-0.1, -0.05) is 13.8 Å². The van der Waals surface area contributed by atoms with Crippen molar-refractivity contribution >= 4 is 16.1 Å². The number of sulfonamides is 1. The Balaban J connectivity index is 1.52. The van der Waals surface area contributed by atoms with Crippen LogP contribution in [0.15, 0.2) is 24.5 Å². The maximum Gasteiger partial charge on any atom is 0.317 e. The summed E-state index contributed by atoms with van der Waals surface area (Å²) >= 11 is 0. The van der Waals surface area contributed by atoms with Crippen LogP contribution in [-0.4, -0.2) is 71.8 Å². The molecule has 1 N–H and O–H groups in total. The number of aromatic nitrogens is 1. The summed E-state index contributed by atoms with van der Waals surface area (Å²) in [5.41, 5.74) is 0.0630. The van der Waals surface area contributed by atoms with E-state index in [1.165, 1.54) is 4.31 Å². The largest absolute Gasteiger partial charge is 0.365 e. The molecule has 0 radical (unpaired) electrons. The smallest absolute Gasteiger partial charge is 0.317 e. The third-order valence-electron chi connectivity index (χ3n) is 5.57. The molecular formula is C18H26N4O4S. The molecule has 8 nitrogen and oxygen atoms in total. The van der Waals surface area contributed by atoms with Crippen LogP contribution in [0.25, 0.3) is 0 Å². The summed E-state index contributed by atoms with van der Waals surface area (Å²) in [4.78, 5) is 18.2. The molecule has 1 aromatic heterocycles.